The third kappa shape index (κ3) is 3.68. The second-order valence-electron chi connectivity index (χ2n) is 8.00. The fourth-order valence-corrected chi connectivity index (χ4v) is 10.1. The molecule has 2 heterocycles. The molecule has 5 rings (SSSR count). The van der Waals surface area contributed by atoms with Gasteiger partial charge in [0.05, 0.1) is 10.6 Å². The van der Waals surface area contributed by atoms with Gasteiger partial charge < -0.3 is 9.05 Å². The van der Waals surface area contributed by atoms with Gasteiger partial charge in [0.1, 0.15) is 11.5 Å². The summed E-state index contributed by atoms with van der Waals surface area (Å²) in [6.45, 7) is 1.91. The van der Waals surface area contributed by atoms with Gasteiger partial charge >= 0.3 is 0 Å². The number of para-hydroxylation sites is 1. The van der Waals surface area contributed by atoms with E-state index >= 15 is 0 Å². The molecule has 0 spiro atoms. The molecule has 33 heavy (non-hydrogen) atoms. The molecule has 0 aliphatic carbocycles. The van der Waals surface area contributed by atoms with Gasteiger partial charge in [-0.3, -0.25) is 9.13 Å². The van der Waals surface area contributed by atoms with Crippen molar-refractivity contribution in [3.63, 3.8) is 0 Å². The van der Waals surface area contributed by atoms with Crippen molar-refractivity contribution in [2.45, 2.75) is 6.92 Å². The first-order chi connectivity index (χ1) is 16.0. The van der Waals surface area contributed by atoms with E-state index in [9.17, 15) is 9.13 Å². The average Bonchev–Trinajstić information content (AvgIpc) is 2.85. The van der Waals surface area contributed by atoms with Crippen LogP contribution in [-0.4, -0.2) is 12.3 Å². The van der Waals surface area contributed by atoms with Crippen molar-refractivity contribution in [3.05, 3.63) is 96.3 Å². The number of allylic oxidation sites excluding steroid dienone is 3. The van der Waals surface area contributed by atoms with Gasteiger partial charge in [-0.2, -0.15) is 0 Å². The molecule has 0 radical (unpaired) electrons. The maximum Gasteiger partial charge on any atom is 0.278 e. The maximum absolute atomic E-state index is 14.2. The minimum atomic E-state index is -3.37. The van der Waals surface area contributed by atoms with Crippen molar-refractivity contribution in [2.75, 3.05) is 12.3 Å². The van der Waals surface area contributed by atoms with Crippen LogP contribution in [0.5, 0.6) is 5.75 Å². The standard InChI is InChI=1S/C27H22O4P2/c1-3-4-14-24-20(2)21-11-6-9-16-26(21)32(28,30-24)18-19-33(29)27-17-10-7-13-23(27)22-12-5-8-15-25(22)31-33/h1,4-17H,18-19H2,2H3/b14-4-. The highest BCUT2D eigenvalue weighted by Gasteiger charge is 2.41. The fourth-order valence-electron chi connectivity index (χ4n) is 4.35. The summed E-state index contributed by atoms with van der Waals surface area (Å²) in [5.74, 6) is 3.50. The van der Waals surface area contributed by atoms with Gasteiger partial charge in [0.2, 0.25) is 0 Å². The second-order valence-corrected chi connectivity index (χ2v) is 12.9. The summed E-state index contributed by atoms with van der Waals surface area (Å²) in [6, 6.07) is 22.6. The Morgan fingerprint density at radius 3 is 2.03 bits per heavy atom. The summed E-state index contributed by atoms with van der Waals surface area (Å²) >= 11 is 0. The number of benzene rings is 3. The molecule has 2 atom stereocenters. The van der Waals surface area contributed by atoms with Gasteiger partial charge in [0.15, 0.2) is 0 Å². The van der Waals surface area contributed by atoms with E-state index in [0.717, 1.165) is 22.3 Å². The lowest BCUT2D eigenvalue weighted by Crippen LogP contribution is -2.24. The fraction of sp³-hybridized carbons (Fsp3) is 0.111. The van der Waals surface area contributed by atoms with Gasteiger partial charge in [-0.15, -0.1) is 6.42 Å². The van der Waals surface area contributed by atoms with Crippen molar-refractivity contribution in [1.82, 2.24) is 0 Å². The molecule has 164 valence electrons. The first-order valence-corrected chi connectivity index (χ1v) is 14.3. The molecule has 3 aromatic rings. The van der Waals surface area contributed by atoms with Crippen LogP contribution in [0.2, 0.25) is 0 Å². The number of rotatable bonds is 4. The van der Waals surface area contributed by atoms with Crippen LogP contribution in [0.15, 0.2) is 90.7 Å². The van der Waals surface area contributed by atoms with E-state index in [-0.39, 0.29) is 12.3 Å². The van der Waals surface area contributed by atoms with Crippen LogP contribution in [0.25, 0.3) is 16.7 Å². The lowest BCUT2D eigenvalue weighted by atomic mass is 10.0. The molecule has 0 fully saturated rings. The highest BCUT2D eigenvalue weighted by atomic mass is 31.2. The maximum atomic E-state index is 14.2. The molecule has 0 saturated carbocycles. The van der Waals surface area contributed by atoms with Crippen LogP contribution < -0.4 is 15.1 Å². The molecule has 2 unspecified atom stereocenters. The molecule has 0 saturated heterocycles. The van der Waals surface area contributed by atoms with Crippen molar-refractivity contribution < 1.29 is 18.2 Å². The van der Waals surface area contributed by atoms with E-state index in [1.54, 1.807) is 6.08 Å². The van der Waals surface area contributed by atoms with E-state index < -0.39 is 14.7 Å². The third-order valence-corrected chi connectivity index (χ3v) is 11.2. The summed E-state index contributed by atoms with van der Waals surface area (Å²) in [6.07, 6.45) is 8.73. The van der Waals surface area contributed by atoms with Crippen molar-refractivity contribution in [3.8, 4) is 29.2 Å². The minimum absolute atomic E-state index is 0.0818. The van der Waals surface area contributed by atoms with Crippen LogP contribution in [0.1, 0.15) is 12.5 Å². The predicted molar refractivity (Wildman–Crippen MR) is 135 cm³/mol. The Morgan fingerprint density at radius 1 is 0.788 bits per heavy atom. The van der Waals surface area contributed by atoms with Crippen molar-refractivity contribution in [2.24, 2.45) is 0 Å². The summed E-state index contributed by atoms with van der Waals surface area (Å²) in [5.41, 5.74) is 3.52. The van der Waals surface area contributed by atoms with Crippen LogP contribution in [0.4, 0.5) is 0 Å². The highest BCUT2D eigenvalue weighted by Crippen LogP contribution is 2.60. The largest absolute Gasteiger partial charge is 0.439 e. The average molecular weight is 472 g/mol. The normalized spacial score (nSPS) is 23.0. The van der Waals surface area contributed by atoms with Crippen LogP contribution in [-0.2, 0) is 13.7 Å². The predicted octanol–water partition coefficient (Wildman–Crippen LogP) is 6.20. The molecular weight excluding hydrogens is 450 g/mol. The van der Waals surface area contributed by atoms with Gasteiger partial charge in [0.25, 0.3) is 14.7 Å². The lowest BCUT2D eigenvalue weighted by molar-refractivity contribution is 0.424. The van der Waals surface area contributed by atoms with E-state index in [0.29, 0.717) is 22.1 Å². The monoisotopic (exact) mass is 472 g/mol. The van der Waals surface area contributed by atoms with E-state index in [4.69, 9.17) is 15.5 Å². The molecule has 6 heteroatoms. The Balaban J connectivity index is 1.53. The second kappa shape index (κ2) is 8.27. The third-order valence-electron chi connectivity index (χ3n) is 6.00. The molecule has 2 aliphatic rings. The summed E-state index contributed by atoms with van der Waals surface area (Å²) in [5, 5.41) is 1.29. The molecule has 0 bridgehead atoms. The Hall–Kier alpha value is -3.24. The Labute approximate surface area is 193 Å². The highest BCUT2D eigenvalue weighted by molar-refractivity contribution is 7.71. The van der Waals surface area contributed by atoms with Crippen LogP contribution in [0.3, 0.4) is 0 Å². The van der Waals surface area contributed by atoms with Crippen LogP contribution >= 0.6 is 14.7 Å². The lowest BCUT2D eigenvalue weighted by Gasteiger charge is -2.32. The first-order valence-electron chi connectivity index (χ1n) is 10.6. The SMILES string of the molecule is C#C/C=C\C1=C(C)c2ccccc2P(=O)(CCP2(=O)Oc3ccccc3-c3ccccc32)O1. The summed E-state index contributed by atoms with van der Waals surface area (Å²) in [7, 11) is -6.70. The van der Waals surface area contributed by atoms with E-state index in [1.165, 1.54) is 6.08 Å². The number of hydrogen-bond donors (Lipinski definition) is 0. The Kier molecular flexibility index (Phi) is 5.41. The quantitative estimate of drug-likeness (QED) is 0.335. The Morgan fingerprint density at radius 2 is 1.33 bits per heavy atom. The zero-order chi connectivity index (χ0) is 23.1. The van der Waals surface area contributed by atoms with Gasteiger partial charge in [-0.1, -0.05) is 60.5 Å². The van der Waals surface area contributed by atoms with Gasteiger partial charge in [-0.25, -0.2) is 0 Å². The Bertz CT molecular complexity index is 1460. The van der Waals surface area contributed by atoms with Gasteiger partial charge in [0, 0.05) is 17.9 Å². The smallest absolute Gasteiger partial charge is 0.278 e. The zero-order valence-corrected chi connectivity index (χ0v) is 19.9. The molecular formula is C27H22O4P2. The van der Waals surface area contributed by atoms with E-state index in [2.05, 4.69) is 5.92 Å². The topological polar surface area (TPSA) is 52.6 Å². The van der Waals surface area contributed by atoms with Crippen LogP contribution in [0, 0.1) is 12.3 Å². The zero-order valence-electron chi connectivity index (χ0n) is 18.1. The number of hydrogen-bond acceptors (Lipinski definition) is 4. The van der Waals surface area contributed by atoms with Gasteiger partial charge in [-0.05, 0) is 54.0 Å². The van der Waals surface area contributed by atoms with E-state index in [1.807, 2.05) is 79.7 Å². The first kappa shape index (κ1) is 21.6. The molecule has 0 amide bonds. The molecule has 0 N–H and O–H groups in total. The van der Waals surface area contributed by atoms with Crippen molar-refractivity contribution >= 4 is 30.9 Å². The van der Waals surface area contributed by atoms with Crippen molar-refractivity contribution in [1.29, 1.82) is 0 Å². The molecule has 0 aromatic heterocycles. The summed E-state index contributed by atoms with van der Waals surface area (Å²) in [4.78, 5) is 0. The number of terminal acetylenes is 1. The number of fused-ring (bicyclic) bond motifs is 4. The molecule has 3 aromatic carbocycles. The minimum Gasteiger partial charge on any atom is -0.439 e. The molecule has 4 nitrogen and oxygen atoms in total. The molecule has 2 aliphatic heterocycles. The summed E-state index contributed by atoms with van der Waals surface area (Å²) < 4.78 is 40.6.